The van der Waals surface area contributed by atoms with Gasteiger partial charge < -0.3 is 15.2 Å². The van der Waals surface area contributed by atoms with E-state index in [9.17, 15) is 14.7 Å². The third kappa shape index (κ3) is 3.45. The molecule has 3 rings (SSSR count). The smallest absolute Gasteiger partial charge is 0.550 e. The van der Waals surface area contributed by atoms with E-state index in [0.717, 1.165) is 10.9 Å². The molecule has 0 spiro atoms. The van der Waals surface area contributed by atoms with Crippen molar-refractivity contribution in [3.8, 4) is 0 Å². The zero-order valence-electron chi connectivity index (χ0n) is 11.1. The Balaban J connectivity index is 0.00000147. The molecule has 2 fully saturated rings. The van der Waals surface area contributed by atoms with Gasteiger partial charge >= 0.3 is 29.6 Å². The van der Waals surface area contributed by atoms with E-state index in [1.165, 1.54) is 5.56 Å². The summed E-state index contributed by atoms with van der Waals surface area (Å²) in [5.74, 6) is -1.87. The number of carbonyl (C=O) groups is 2. The molecule has 0 aliphatic heterocycles. The molecule has 0 heterocycles. The number of halogens is 1. The summed E-state index contributed by atoms with van der Waals surface area (Å²) in [6, 6.07) is 8.18. The fourth-order valence-corrected chi connectivity index (χ4v) is 2.91. The monoisotopic (exact) mass is 345 g/mol. The molecule has 2 saturated carbocycles. The first-order chi connectivity index (χ1) is 9.06. The van der Waals surface area contributed by atoms with Crippen LogP contribution in [0.1, 0.15) is 24.3 Å². The number of aliphatic carboxylic acids is 1. The van der Waals surface area contributed by atoms with E-state index in [4.69, 9.17) is 0 Å². The molecule has 0 bridgehead atoms. The minimum absolute atomic E-state index is 0. The molecule has 1 aromatic rings. The van der Waals surface area contributed by atoms with Gasteiger partial charge in [0.25, 0.3) is 0 Å². The van der Waals surface area contributed by atoms with Crippen LogP contribution in [0.5, 0.6) is 0 Å². The number of amides is 1. The number of hydrogen-bond acceptors (Lipinski definition) is 3. The van der Waals surface area contributed by atoms with Gasteiger partial charge in [0, 0.05) is 34.2 Å². The zero-order valence-corrected chi connectivity index (χ0v) is 14.7. The molecule has 6 heteroatoms. The molecule has 100 valence electrons. The zero-order chi connectivity index (χ0) is 13.6. The fourth-order valence-electron chi connectivity index (χ4n) is 2.50. The molecule has 1 aromatic carbocycles. The number of hydrogen-bond donors (Lipinski definition) is 1. The Morgan fingerprint density at radius 1 is 1.25 bits per heavy atom. The second-order valence-corrected chi connectivity index (χ2v) is 6.20. The summed E-state index contributed by atoms with van der Waals surface area (Å²) in [4.78, 5) is 22.4. The average Bonchev–Trinajstić information content (AvgIpc) is 3.23. The minimum atomic E-state index is -1.11. The molecule has 0 unspecified atom stereocenters. The first-order valence-corrected chi connectivity index (χ1v) is 7.12. The number of benzene rings is 1. The Labute approximate surface area is 147 Å². The van der Waals surface area contributed by atoms with E-state index in [-0.39, 0.29) is 47.4 Å². The van der Waals surface area contributed by atoms with Gasteiger partial charge in [0.1, 0.15) is 0 Å². The van der Waals surface area contributed by atoms with Gasteiger partial charge in [-0.25, -0.2) is 0 Å². The van der Waals surface area contributed by atoms with Crippen LogP contribution in [0, 0.1) is 11.8 Å². The summed E-state index contributed by atoms with van der Waals surface area (Å²) in [5, 5.41) is 13.5. The maximum atomic E-state index is 11.8. The summed E-state index contributed by atoms with van der Waals surface area (Å²) in [6.07, 6.45) is 1.34. The van der Waals surface area contributed by atoms with Gasteiger partial charge in [-0.3, -0.25) is 4.79 Å². The van der Waals surface area contributed by atoms with Crippen molar-refractivity contribution < 1.29 is 44.3 Å². The number of carboxylic acids is 1. The van der Waals surface area contributed by atoms with Crippen molar-refractivity contribution in [3.05, 3.63) is 34.3 Å². The third-order valence-corrected chi connectivity index (χ3v) is 4.32. The molecule has 0 aromatic heterocycles. The maximum Gasteiger partial charge on any atom is 1.00 e. The molecule has 4 atom stereocenters. The van der Waals surface area contributed by atoms with E-state index in [1.807, 2.05) is 18.2 Å². The van der Waals surface area contributed by atoms with Gasteiger partial charge in [0.05, 0.1) is 0 Å². The van der Waals surface area contributed by atoms with Crippen LogP contribution >= 0.6 is 15.9 Å². The average molecular weight is 346 g/mol. The van der Waals surface area contributed by atoms with Crippen molar-refractivity contribution in [1.82, 2.24) is 5.32 Å². The first kappa shape index (κ1) is 16.0. The largest absolute Gasteiger partial charge is 1.00 e. The topological polar surface area (TPSA) is 69.2 Å². The van der Waals surface area contributed by atoms with Crippen LogP contribution in [0.25, 0.3) is 0 Å². The summed E-state index contributed by atoms with van der Waals surface area (Å²) in [5.41, 5.74) is 1.20. The van der Waals surface area contributed by atoms with Gasteiger partial charge in [0.2, 0.25) is 5.91 Å². The van der Waals surface area contributed by atoms with Gasteiger partial charge in [-0.05, 0) is 30.5 Å². The van der Waals surface area contributed by atoms with Crippen LogP contribution in [0.3, 0.4) is 0 Å². The second kappa shape index (κ2) is 6.18. The fraction of sp³-hybridized carbons (Fsp3) is 0.429. The summed E-state index contributed by atoms with van der Waals surface area (Å²) < 4.78 is 1.03. The van der Waals surface area contributed by atoms with E-state index >= 15 is 0 Å². The molecule has 2 aliphatic carbocycles. The number of carbonyl (C=O) groups excluding carboxylic acids is 2. The standard InChI is InChI=1S/C14H14BrNO3.Na/c15-8-3-1-2-7(4-8)9-6-12(9)16-13(17)10-5-11(10)14(18)19;/h1-4,9-12H,5-6H2,(H,16,17)(H,18,19);/q;+1/p-1/t9-,10-,11+,12+;/m0./s1. The molecule has 0 saturated heterocycles. The van der Waals surface area contributed by atoms with Gasteiger partial charge in [-0.1, -0.05) is 28.1 Å². The van der Waals surface area contributed by atoms with Crippen LogP contribution in [-0.2, 0) is 9.59 Å². The van der Waals surface area contributed by atoms with Crippen molar-refractivity contribution in [3.63, 3.8) is 0 Å². The number of carboxylic acid groups (broad SMARTS) is 1. The van der Waals surface area contributed by atoms with E-state index < -0.39 is 11.9 Å². The summed E-state index contributed by atoms with van der Waals surface area (Å²) in [7, 11) is 0. The van der Waals surface area contributed by atoms with Crippen LogP contribution in [0.4, 0.5) is 0 Å². The SMILES string of the molecule is O=C(N[C@@H]1C[C@H]1c1cccc(Br)c1)[C@H]1C[C@H]1C(=O)[O-].[Na+]. The van der Waals surface area contributed by atoms with Crippen molar-refractivity contribution in [1.29, 1.82) is 0 Å². The van der Waals surface area contributed by atoms with E-state index in [0.29, 0.717) is 12.3 Å². The third-order valence-electron chi connectivity index (χ3n) is 3.82. The number of rotatable bonds is 4. The normalized spacial score (nSPS) is 30.1. The summed E-state index contributed by atoms with van der Waals surface area (Å²) in [6.45, 7) is 0. The quantitative estimate of drug-likeness (QED) is 0.630. The molecular formula is C14H13BrNNaO3. The Morgan fingerprint density at radius 3 is 2.60 bits per heavy atom. The molecule has 0 radical (unpaired) electrons. The molecule has 1 N–H and O–H groups in total. The molecule has 2 aliphatic rings. The number of nitrogens with one attached hydrogen (secondary N) is 1. The predicted molar refractivity (Wildman–Crippen MR) is 70.0 cm³/mol. The van der Waals surface area contributed by atoms with Gasteiger partial charge in [-0.2, -0.15) is 0 Å². The first-order valence-electron chi connectivity index (χ1n) is 6.33. The van der Waals surface area contributed by atoms with Crippen LogP contribution in [0.15, 0.2) is 28.7 Å². The van der Waals surface area contributed by atoms with Crippen molar-refractivity contribution in [2.24, 2.45) is 11.8 Å². The Hall–Kier alpha value is -0.360. The maximum absolute atomic E-state index is 11.8. The Kier molecular flexibility index (Phi) is 4.95. The molecule has 1 amide bonds. The van der Waals surface area contributed by atoms with E-state index in [1.54, 1.807) is 0 Å². The van der Waals surface area contributed by atoms with Crippen molar-refractivity contribution in [2.45, 2.75) is 24.8 Å². The Morgan fingerprint density at radius 2 is 2.00 bits per heavy atom. The van der Waals surface area contributed by atoms with Crippen molar-refractivity contribution >= 4 is 27.8 Å². The minimum Gasteiger partial charge on any atom is -0.550 e. The van der Waals surface area contributed by atoms with Gasteiger partial charge in [0.15, 0.2) is 0 Å². The van der Waals surface area contributed by atoms with Crippen LogP contribution in [-0.4, -0.2) is 17.9 Å². The molecule has 4 nitrogen and oxygen atoms in total. The summed E-state index contributed by atoms with van der Waals surface area (Å²) >= 11 is 3.43. The predicted octanol–water partition coefficient (Wildman–Crippen LogP) is -2.19. The van der Waals surface area contributed by atoms with Crippen LogP contribution in [0.2, 0.25) is 0 Å². The Bertz CT molecular complexity index is 551. The molecular weight excluding hydrogens is 333 g/mol. The van der Waals surface area contributed by atoms with E-state index in [2.05, 4.69) is 27.3 Å². The molecule has 20 heavy (non-hydrogen) atoms. The van der Waals surface area contributed by atoms with Gasteiger partial charge in [-0.15, -0.1) is 0 Å². The van der Waals surface area contributed by atoms with Crippen LogP contribution < -0.4 is 40.0 Å². The second-order valence-electron chi connectivity index (χ2n) is 5.28. The van der Waals surface area contributed by atoms with Crippen molar-refractivity contribution in [2.75, 3.05) is 0 Å².